The van der Waals surface area contributed by atoms with Crippen molar-refractivity contribution >= 4 is 11.9 Å². The minimum Gasteiger partial charge on any atom is -0.494 e. The van der Waals surface area contributed by atoms with Crippen molar-refractivity contribution in [3.05, 3.63) is 29.8 Å². The molecule has 114 valence electrons. The summed E-state index contributed by atoms with van der Waals surface area (Å²) in [7, 11) is 0. The van der Waals surface area contributed by atoms with Gasteiger partial charge in [0.2, 0.25) is 0 Å². The molecule has 0 aliphatic carbocycles. The third-order valence-electron chi connectivity index (χ3n) is 3.58. The zero-order valence-electron chi connectivity index (χ0n) is 12.2. The van der Waals surface area contributed by atoms with E-state index in [9.17, 15) is 9.59 Å². The van der Waals surface area contributed by atoms with E-state index < -0.39 is 5.97 Å². The van der Waals surface area contributed by atoms with Crippen LogP contribution in [-0.2, 0) is 4.79 Å². The highest BCUT2D eigenvalue weighted by Gasteiger charge is 2.32. The van der Waals surface area contributed by atoms with E-state index >= 15 is 0 Å². The summed E-state index contributed by atoms with van der Waals surface area (Å²) in [6, 6.07) is 7.12. The van der Waals surface area contributed by atoms with Crippen LogP contribution in [0.3, 0.4) is 0 Å². The van der Waals surface area contributed by atoms with Crippen LogP contribution in [0.4, 0.5) is 0 Å². The summed E-state index contributed by atoms with van der Waals surface area (Å²) in [6.07, 6.45) is 2.23. The fourth-order valence-corrected chi connectivity index (χ4v) is 2.32. The van der Waals surface area contributed by atoms with E-state index in [-0.39, 0.29) is 18.2 Å². The van der Waals surface area contributed by atoms with E-state index in [1.54, 1.807) is 29.2 Å². The summed E-state index contributed by atoms with van der Waals surface area (Å²) in [5, 5.41) is 8.69. The van der Waals surface area contributed by atoms with Crippen molar-refractivity contribution in [1.82, 2.24) is 4.90 Å². The highest BCUT2D eigenvalue weighted by molar-refractivity contribution is 5.94. The topological polar surface area (TPSA) is 66.8 Å². The summed E-state index contributed by atoms with van der Waals surface area (Å²) in [5.74, 6) is 0.00731. The number of benzene rings is 1. The number of unbranched alkanes of at least 4 members (excludes halogenated alkanes) is 1. The predicted octanol–water partition coefficient (Wildman–Crippen LogP) is 2.41. The van der Waals surface area contributed by atoms with Crippen LogP contribution in [0.5, 0.6) is 5.75 Å². The fourth-order valence-electron chi connectivity index (χ4n) is 2.32. The molecule has 1 amide bonds. The van der Waals surface area contributed by atoms with E-state index in [0.717, 1.165) is 18.6 Å². The van der Waals surface area contributed by atoms with Crippen LogP contribution in [-0.4, -0.2) is 41.6 Å². The maximum atomic E-state index is 12.2. The van der Waals surface area contributed by atoms with Crippen molar-refractivity contribution < 1.29 is 19.4 Å². The number of hydrogen-bond acceptors (Lipinski definition) is 3. The first kappa shape index (κ1) is 15.4. The molecule has 0 unspecified atom stereocenters. The number of carboxylic acids is 1. The Morgan fingerprint density at radius 3 is 2.52 bits per heavy atom. The smallest absolute Gasteiger partial charge is 0.303 e. The molecule has 2 rings (SSSR count). The molecule has 0 bridgehead atoms. The van der Waals surface area contributed by atoms with Crippen LogP contribution < -0.4 is 4.74 Å². The molecular weight excluding hydrogens is 270 g/mol. The molecule has 0 saturated carbocycles. The van der Waals surface area contributed by atoms with Crippen LogP contribution in [0, 0.1) is 5.92 Å². The molecule has 1 aromatic rings. The number of aliphatic carboxylic acids is 1. The molecule has 0 aromatic heterocycles. The third-order valence-corrected chi connectivity index (χ3v) is 3.58. The van der Waals surface area contributed by atoms with Gasteiger partial charge in [0.05, 0.1) is 13.0 Å². The molecule has 1 saturated heterocycles. The van der Waals surface area contributed by atoms with Gasteiger partial charge in [-0.1, -0.05) is 13.3 Å². The molecule has 5 heteroatoms. The molecule has 1 aliphatic heterocycles. The SMILES string of the molecule is CCCCOc1ccc(C(=O)N2CC(CC(=O)O)C2)cc1. The Kier molecular flexibility index (Phi) is 5.20. The maximum Gasteiger partial charge on any atom is 0.303 e. The fraction of sp³-hybridized carbons (Fsp3) is 0.500. The van der Waals surface area contributed by atoms with Gasteiger partial charge < -0.3 is 14.7 Å². The molecule has 0 radical (unpaired) electrons. The van der Waals surface area contributed by atoms with Crippen molar-refractivity contribution in [2.75, 3.05) is 19.7 Å². The molecule has 1 aromatic carbocycles. The number of rotatable bonds is 7. The molecule has 0 spiro atoms. The minimum atomic E-state index is -0.805. The summed E-state index contributed by atoms with van der Waals surface area (Å²) in [4.78, 5) is 24.4. The lowest BCUT2D eigenvalue weighted by Crippen LogP contribution is -2.50. The van der Waals surface area contributed by atoms with Gasteiger partial charge in [-0.2, -0.15) is 0 Å². The van der Waals surface area contributed by atoms with E-state index in [2.05, 4.69) is 6.92 Å². The molecule has 1 fully saturated rings. The molecule has 0 atom stereocenters. The highest BCUT2D eigenvalue weighted by Crippen LogP contribution is 2.22. The number of nitrogens with zero attached hydrogens (tertiary/aromatic N) is 1. The quantitative estimate of drug-likeness (QED) is 0.783. The summed E-state index contributed by atoms with van der Waals surface area (Å²) < 4.78 is 5.55. The van der Waals surface area contributed by atoms with Gasteiger partial charge in [-0.15, -0.1) is 0 Å². The Balaban J connectivity index is 1.82. The number of amides is 1. The zero-order chi connectivity index (χ0) is 15.2. The maximum absolute atomic E-state index is 12.2. The van der Waals surface area contributed by atoms with Crippen molar-refractivity contribution in [2.24, 2.45) is 5.92 Å². The Morgan fingerprint density at radius 2 is 1.95 bits per heavy atom. The average molecular weight is 291 g/mol. The van der Waals surface area contributed by atoms with Gasteiger partial charge in [-0.25, -0.2) is 0 Å². The Bertz CT molecular complexity index is 492. The van der Waals surface area contributed by atoms with Gasteiger partial charge in [-0.3, -0.25) is 9.59 Å². The first-order valence-electron chi connectivity index (χ1n) is 7.34. The van der Waals surface area contributed by atoms with Crippen LogP contribution >= 0.6 is 0 Å². The second-order valence-electron chi connectivity index (χ2n) is 5.40. The Labute approximate surface area is 124 Å². The first-order chi connectivity index (χ1) is 10.1. The molecule has 21 heavy (non-hydrogen) atoms. The standard InChI is InChI=1S/C16H21NO4/c1-2-3-8-21-14-6-4-13(5-7-14)16(20)17-10-12(11-17)9-15(18)19/h4-7,12H,2-3,8-11H2,1H3,(H,18,19). The first-order valence-corrected chi connectivity index (χ1v) is 7.34. The molecule has 5 nitrogen and oxygen atoms in total. The van der Waals surface area contributed by atoms with E-state index in [1.165, 1.54) is 0 Å². The molecule has 1 heterocycles. The average Bonchev–Trinajstić information content (AvgIpc) is 2.42. The summed E-state index contributed by atoms with van der Waals surface area (Å²) in [6.45, 7) is 3.85. The lowest BCUT2D eigenvalue weighted by molar-refractivity contribution is -0.139. The van der Waals surface area contributed by atoms with Gasteiger partial charge in [0.15, 0.2) is 0 Å². The third kappa shape index (κ3) is 4.21. The van der Waals surface area contributed by atoms with E-state index in [0.29, 0.717) is 25.3 Å². The lowest BCUT2D eigenvalue weighted by Gasteiger charge is -2.38. The highest BCUT2D eigenvalue weighted by atomic mass is 16.5. The molecule has 1 aliphatic rings. The Morgan fingerprint density at radius 1 is 1.29 bits per heavy atom. The number of carbonyl (C=O) groups excluding carboxylic acids is 1. The molecule has 1 N–H and O–H groups in total. The van der Waals surface area contributed by atoms with E-state index in [1.807, 2.05) is 0 Å². The number of carboxylic acid groups (broad SMARTS) is 1. The van der Waals surface area contributed by atoms with Gasteiger partial charge in [-0.05, 0) is 30.7 Å². The van der Waals surface area contributed by atoms with Gasteiger partial charge in [0, 0.05) is 24.6 Å². The van der Waals surface area contributed by atoms with Crippen LogP contribution in [0.2, 0.25) is 0 Å². The van der Waals surface area contributed by atoms with Crippen molar-refractivity contribution in [1.29, 1.82) is 0 Å². The Hall–Kier alpha value is -2.04. The van der Waals surface area contributed by atoms with Crippen LogP contribution in [0.15, 0.2) is 24.3 Å². The lowest BCUT2D eigenvalue weighted by atomic mass is 9.95. The number of carbonyl (C=O) groups is 2. The van der Waals surface area contributed by atoms with Crippen molar-refractivity contribution in [3.63, 3.8) is 0 Å². The van der Waals surface area contributed by atoms with Gasteiger partial charge in [0.25, 0.3) is 5.91 Å². The summed E-state index contributed by atoms with van der Waals surface area (Å²) in [5.41, 5.74) is 0.617. The normalized spacial score (nSPS) is 14.6. The zero-order valence-corrected chi connectivity index (χ0v) is 12.2. The largest absolute Gasteiger partial charge is 0.494 e. The second-order valence-corrected chi connectivity index (χ2v) is 5.40. The second kappa shape index (κ2) is 7.11. The number of ether oxygens (including phenoxy) is 1. The predicted molar refractivity (Wildman–Crippen MR) is 78.5 cm³/mol. The number of likely N-dealkylation sites (tertiary alicyclic amines) is 1. The molecular formula is C16H21NO4. The summed E-state index contributed by atoms with van der Waals surface area (Å²) >= 11 is 0. The van der Waals surface area contributed by atoms with Crippen LogP contribution in [0.25, 0.3) is 0 Å². The monoisotopic (exact) mass is 291 g/mol. The van der Waals surface area contributed by atoms with E-state index in [4.69, 9.17) is 9.84 Å². The van der Waals surface area contributed by atoms with Crippen LogP contribution in [0.1, 0.15) is 36.5 Å². The van der Waals surface area contributed by atoms with Gasteiger partial charge in [0.1, 0.15) is 5.75 Å². The van der Waals surface area contributed by atoms with Crippen molar-refractivity contribution in [3.8, 4) is 5.75 Å². The van der Waals surface area contributed by atoms with Crippen molar-refractivity contribution in [2.45, 2.75) is 26.2 Å². The minimum absolute atomic E-state index is 0.0447. The number of hydrogen-bond donors (Lipinski definition) is 1. The van der Waals surface area contributed by atoms with Gasteiger partial charge >= 0.3 is 5.97 Å².